The number of ether oxygens (including phenoxy) is 4. The van der Waals surface area contributed by atoms with Gasteiger partial charge in [0.1, 0.15) is 23.9 Å². The Hall–Kier alpha value is -6.00. The minimum Gasteiger partial charge on any atom is -0.453 e. The average Bonchev–Trinajstić information content (AvgIpc) is 4.18. The van der Waals surface area contributed by atoms with Crippen LogP contribution in [0.2, 0.25) is 0 Å². The van der Waals surface area contributed by atoms with Crippen molar-refractivity contribution in [3.63, 3.8) is 0 Å². The molecular weight excluding hydrogens is 855 g/mol. The number of aromatic nitrogens is 2. The molecule has 16 nitrogen and oxygen atoms in total. The molecule has 4 fully saturated rings. The summed E-state index contributed by atoms with van der Waals surface area (Å²) in [6.07, 6.45) is 4.61. The molecule has 3 aliphatic carbocycles. The van der Waals surface area contributed by atoms with Crippen molar-refractivity contribution in [2.24, 2.45) is 11.8 Å². The van der Waals surface area contributed by atoms with Crippen LogP contribution in [-0.2, 0) is 38.7 Å². The first kappa shape index (κ1) is 46.1. The smallest absolute Gasteiger partial charge is 0.407 e. The first-order valence-corrected chi connectivity index (χ1v) is 23.7. The predicted molar refractivity (Wildman–Crippen MR) is 251 cm³/mol. The van der Waals surface area contributed by atoms with E-state index in [0.29, 0.717) is 11.6 Å². The summed E-state index contributed by atoms with van der Waals surface area (Å²) in [5, 5.41) is 8.53. The lowest BCUT2D eigenvalue weighted by Gasteiger charge is -2.37. The highest BCUT2D eigenvalue weighted by Gasteiger charge is 2.53. The maximum atomic E-state index is 14.5. The van der Waals surface area contributed by atoms with Crippen molar-refractivity contribution in [2.75, 3.05) is 33.8 Å². The van der Waals surface area contributed by atoms with Crippen molar-refractivity contribution in [2.45, 2.75) is 133 Å². The minimum absolute atomic E-state index is 0.0110. The third-order valence-electron chi connectivity index (χ3n) is 15.7. The number of hydrogen-bond acceptors (Lipinski definition) is 10. The van der Waals surface area contributed by atoms with E-state index in [1.54, 1.807) is 18.7 Å². The highest BCUT2D eigenvalue weighted by Crippen LogP contribution is 2.51. The molecule has 2 bridgehead atoms. The third kappa shape index (κ3) is 8.19. The van der Waals surface area contributed by atoms with Gasteiger partial charge in [-0.05, 0) is 128 Å². The van der Waals surface area contributed by atoms with Crippen LogP contribution in [0.3, 0.4) is 0 Å². The van der Waals surface area contributed by atoms with E-state index in [1.807, 2.05) is 17.0 Å². The third-order valence-corrected chi connectivity index (χ3v) is 15.7. The molecule has 3 heterocycles. The molecule has 9 rings (SSSR count). The number of imidazole rings is 1. The van der Waals surface area contributed by atoms with E-state index in [2.05, 4.69) is 77.2 Å². The zero-order valence-corrected chi connectivity index (χ0v) is 39.6. The highest BCUT2D eigenvalue weighted by atomic mass is 16.5. The predicted octanol–water partition coefficient (Wildman–Crippen LogP) is 7.21. The van der Waals surface area contributed by atoms with Crippen molar-refractivity contribution in [3.05, 3.63) is 71.5 Å². The number of piperidine rings is 1. The van der Waals surface area contributed by atoms with Gasteiger partial charge in [-0.15, -0.1) is 0 Å². The molecule has 4 N–H and O–H groups in total. The highest BCUT2D eigenvalue weighted by molar-refractivity contribution is 6.00. The van der Waals surface area contributed by atoms with Gasteiger partial charge >= 0.3 is 12.2 Å². The lowest BCUT2D eigenvalue weighted by molar-refractivity contribution is -0.145. The van der Waals surface area contributed by atoms with Crippen molar-refractivity contribution < 1.29 is 42.9 Å². The summed E-state index contributed by atoms with van der Waals surface area (Å²) in [7, 11) is 5.53. The lowest BCUT2D eigenvalue weighted by atomic mass is 9.81. The maximum absolute atomic E-state index is 14.5. The van der Waals surface area contributed by atoms with Crippen LogP contribution in [0, 0.1) is 11.8 Å². The van der Waals surface area contributed by atoms with Gasteiger partial charge in [0, 0.05) is 37.4 Å². The van der Waals surface area contributed by atoms with Crippen LogP contribution in [0.25, 0.3) is 33.3 Å². The largest absolute Gasteiger partial charge is 0.453 e. The molecule has 0 unspecified atom stereocenters. The number of rotatable bonds is 12. The molecular formula is C51H63N7O9. The number of methoxy groups -OCH3 is 4. The first-order chi connectivity index (χ1) is 32.2. The number of aromatic amines is 1. The molecule has 10 atom stereocenters. The molecule has 2 saturated heterocycles. The fourth-order valence-corrected chi connectivity index (χ4v) is 12.0. The minimum atomic E-state index is -1.01. The van der Waals surface area contributed by atoms with Gasteiger partial charge in [-0.25, -0.2) is 14.6 Å². The van der Waals surface area contributed by atoms with Gasteiger partial charge in [0.15, 0.2) is 0 Å². The van der Waals surface area contributed by atoms with Gasteiger partial charge in [0.2, 0.25) is 17.7 Å². The molecule has 2 saturated carbocycles. The second kappa shape index (κ2) is 18.2. The molecule has 1 aromatic heterocycles. The Kier molecular flexibility index (Phi) is 12.6. The molecule has 4 aromatic rings. The summed E-state index contributed by atoms with van der Waals surface area (Å²) >= 11 is 0. The van der Waals surface area contributed by atoms with Crippen molar-refractivity contribution in [1.29, 1.82) is 0 Å². The summed E-state index contributed by atoms with van der Waals surface area (Å²) in [6, 6.07) is 15.8. The number of fused-ring (bicyclic) bond motifs is 7. The van der Waals surface area contributed by atoms with Crippen LogP contribution in [0.4, 0.5) is 15.3 Å². The van der Waals surface area contributed by atoms with Crippen LogP contribution in [0.1, 0.15) is 102 Å². The Bertz CT molecular complexity index is 2590. The van der Waals surface area contributed by atoms with Crippen LogP contribution < -0.4 is 16.0 Å². The Morgan fingerprint density at radius 1 is 0.716 bits per heavy atom. The van der Waals surface area contributed by atoms with Crippen LogP contribution in [0.15, 0.2) is 54.6 Å². The number of carbonyl (C=O) groups is 5. The molecule has 16 heteroatoms. The van der Waals surface area contributed by atoms with E-state index in [0.717, 1.165) is 102 Å². The van der Waals surface area contributed by atoms with Crippen LogP contribution >= 0.6 is 0 Å². The van der Waals surface area contributed by atoms with Gasteiger partial charge < -0.3 is 49.7 Å². The van der Waals surface area contributed by atoms with E-state index in [1.165, 1.54) is 28.4 Å². The number of nitrogens with zero attached hydrogens (tertiary/aromatic N) is 3. The van der Waals surface area contributed by atoms with Gasteiger partial charge in [0.05, 0.1) is 43.5 Å². The first-order valence-electron chi connectivity index (χ1n) is 23.7. The Morgan fingerprint density at radius 2 is 1.33 bits per heavy atom. The Labute approximate surface area is 391 Å². The SMILES string of the molecule is COC(=O)N[C@H](C(=O)N1[C@@H]2CC[C@@H](C2)[C@H]1C(=O)Nc1ccc2c(c1)C(C)(C)c1cc(-c3ccc4[nH]c([C@@H]5C[C@@H]6CCCC[C@@H]6N5C(=O)[C@@H](NC(=O)OC)[C@@H](C)OC)nc4c3)ccc1-2)[C@@H](C)OC. The molecule has 2 aliphatic heterocycles. The van der Waals surface area contributed by atoms with Gasteiger partial charge in [0.25, 0.3) is 0 Å². The number of likely N-dealkylation sites (tertiary alicyclic amines) is 2. The van der Waals surface area contributed by atoms with Crippen molar-refractivity contribution in [1.82, 2.24) is 30.4 Å². The molecule has 5 aliphatic rings. The Balaban J connectivity index is 0.950. The number of H-pyrrole nitrogens is 1. The monoisotopic (exact) mass is 917 g/mol. The molecule has 67 heavy (non-hydrogen) atoms. The van der Waals surface area contributed by atoms with Crippen LogP contribution in [0.5, 0.6) is 0 Å². The fraction of sp³-hybridized carbons (Fsp3) is 0.529. The standard InChI is InChI=1S/C51H63N7O9/c1-26(64-5)42(55-49(62)66-7)47(60)57-33-17-13-31(21-33)44(57)46(59)52-32-16-19-35-34-18-14-28(22-36(34)51(3,4)37(35)25-32)29-15-20-38-39(23-29)54-45(53-38)41-24-30-11-9-10-12-40(30)58(41)48(61)43(27(2)65-6)56-50(63)67-8/h14-16,18-20,22-23,25-27,30-31,33,40-44H,9-13,17,21,24H2,1-8H3,(H,52,59)(H,53,54)(H,55,62)(H,56,63)/t26-,27-,30+,31+,33-,40+,41+,42+,43+,44+/m1/s1. The molecule has 5 amide bonds. The number of benzene rings is 3. The summed E-state index contributed by atoms with van der Waals surface area (Å²) in [5.74, 6) is 0.263. The van der Waals surface area contributed by atoms with E-state index >= 15 is 0 Å². The van der Waals surface area contributed by atoms with Gasteiger partial charge in [-0.3, -0.25) is 14.4 Å². The average molecular weight is 918 g/mol. The fourth-order valence-electron chi connectivity index (χ4n) is 12.0. The van der Waals surface area contributed by atoms with Crippen molar-refractivity contribution in [3.8, 4) is 22.3 Å². The van der Waals surface area contributed by atoms with E-state index in [9.17, 15) is 24.0 Å². The van der Waals surface area contributed by atoms with Gasteiger partial charge in [-0.1, -0.05) is 51.0 Å². The quantitative estimate of drug-likeness (QED) is 0.113. The number of alkyl carbamates (subject to hydrolysis) is 2. The topological polar surface area (TPSA) is 194 Å². The summed E-state index contributed by atoms with van der Waals surface area (Å²) in [4.78, 5) is 79.8. The molecule has 356 valence electrons. The molecule has 0 radical (unpaired) electrons. The van der Waals surface area contributed by atoms with Crippen molar-refractivity contribution >= 4 is 46.6 Å². The molecule has 3 aromatic carbocycles. The number of anilines is 1. The van der Waals surface area contributed by atoms with Gasteiger partial charge in [-0.2, -0.15) is 0 Å². The number of hydrogen-bond donors (Lipinski definition) is 4. The lowest BCUT2D eigenvalue weighted by Crippen LogP contribution is -2.60. The second-order valence-electron chi connectivity index (χ2n) is 19.6. The number of carbonyl (C=O) groups excluding carboxylic acids is 5. The van der Waals surface area contributed by atoms with Crippen LogP contribution in [-0.4, -0.2) is 121 Å². The normalized spacial score (nSPS) is 25.1. The van der Waals surface area contributed by atoms with E-state index in [4.69, 9.17) is 23.9 Å². The Morgan fingerprint density at radius 3 is 2.00 bits per heavy atom. The van der Waals surface area contributed by atoms with E-state index in [-0.39, 0.29) is 41.8 Å². The summed E-state index contributed by atoms with van der Waals surface area (Å²) < 4.78 is 20.7. The number of nitrogens with one attached hydrogen (secondary N) is 4. The zero-order chi connectivity index (χ0) is 47.5. The summed E-state index contributed by atoms with van der Waals surface area (Å²) in [5.41, 5.74) is 8.44. The molecule has 0 spiro atoms. The van der Waals surface area contributed by atoms with E-state index < -0.39 is 47.9 Å². The maximum Gasteiger partial charge on any atom is 0.407 e. The zero-order valence-electron chi connectivity index (χ0n) is 39.6. The summed E-state index contributed by atoms with van der Waals surface area (Å²) in [6.45, 7) is 7.88. The number of amides is 5. The second-order valence-corrected chi connectivity index (χ2v) is 19.6.